The number of carbonyl (C=O) groups is 2. The number of ether oxygens (including phenoxy) is 1. The van der Waals surface area contributed by atoms with Gasteiger partial charge >= 0.3 is 0 Å². The highest BCUT2D eigenvalue weighted by atomic mass is 19.2. The number of nitrogens with two attached hydrogens (primary N) is 1. The maximum absolute atomic E-state index is 13.7. The van der Waals surface area contributed by atoms with Gasteiger partial charge in [-0.1, -0.05) is 19.1 Å². The summed E-state index contributed by atoms with van der Waals surface area (Å²) >= 11 is 0. The number of rotatable bonds is 4. The van der Waals surface area contributed by atoms with E-state index in [2.05, 4.69) is 0 Å². The first-order valence-corrected chi connectivity index (χ1v) is 8.26. The lowest BCUT2D eigenvalue weighted by Crippen LogP contribution is -2.37. The molecule has 0 aromatic heterocycles. The lowest BCUT2D eigenvalue weighted by atomic mass is 9.95. The molecule has 0 fully saturated rings. The van der Waals surface area contributed by atoms with E-state index in [0.717, 1.165) is 12.1 Å². The molecule has 26 heavy (non-hydrogen) atoms. The van der Waals surface area contributed by atoms with Crippen LogP contribution in [0.4, 0.5) is 14.5 Å². The predicted molar refractivity (Wildman–Crippen MR) is 91.9 cm³/mol. The zero-order valence-electron chi connectivity index (χ0n) is 14.2. The molecule has 1 aliphatic heterocycles. The first kappa shape index (κ1) is 17.8. The van der Waals surface area contributed by atoms with Gasteiger partial charge in [-0.2, -0.15) is 0 Å². The Morgan fingerprint density at radius 2 is 2.00 bits per heavy atom. The van der Waals surface area contributed by atoms with Gasteiger partial charge in [-0.25, -0.2) is 8.78 Å². The molecule has 1 atom stereocenters. The van der Waals surface area contributed by atoms with Crippen LogP contribution in [0.15, 0.2) is 36.4 Å². The van der Waals surface area contributed by atoms with Crippen LogP contribution in [0.2, 0.25) is 0 Å². The van der Waals surface area contributed by atoms with Crippen molar-refractivity contribution in [1.82, 2.24) is 0 Å². The molecule has 1 unspecified atom stereocenters. The molecule has 7 heteroatoms. The van der Waals surface area contributed by atoms with Crippen LogP contribution in [0.25, 0.3) is 0 Å². The summed E-state index contributed by atoms with van der Waals surface area (Å²) < 4.78 is 32.7. The van der Waals surface area contributed by atoms with Crippen molar-refractivity contribution in [3.63, 3.8) is 0 Å². The van der Waals surface area contributed by atoms with Crippen LogP contribution in [0.3, 0.4) is 0 Å². The lowest BCUT2D eigenvalue weighted by molar-refractivity contribution is -0.119. The monoisotopic (exact) mass is 360 g/mol. The van der Waals surface area contributed by atoms with Crippen molar-refractivity contribution in [1.29, 1.82) is 0 Å². The molecule has 0 saturated carbocycles. The van der Waals surface area contributed by atoms with Crippen LogP contribution >= 0.6 is 0 Å². The Morgan fingerprint density at radius 3 is 2.65 bits per heavy atom. The molecule has 2 N–H and O–H groups in total. The molecular weight excluding hydrogens is 342 g/mol. The third-order valence-corrected chi connectivity index (χ3v) is 4.37. The minimum atomic E-state index is -1.03. The first-order valence-electron chi connectivity index (χ1n) is 8.26. The Balaban J connectivity index is 2.12. The topological polar surface area (TPSA) is 72.6 Å². The van der Waals surface area contributed by atoms with Crippen LogP contribution < -0.4 is 15.4 Å². The van der Waals surface area contributed by atoms with Crippen molar-refractivity contribution in [2.45, 2.75) is 25.8 Å². The van der Waals surface area contributed by atoms with Crippen molar-refractivity contribution in [3.05, 3.63) is 59.2 Å². The molecule has 2 amide bonds. The zero-order chi connectivity index (χ0) is 18.8. The SMILES string of the molecule is CCC(=O)N(c1ccc(F)c(F)c1)C1CCOc2c(C(N)=O)cccc21. The highest BCUT2D eigenvalue weighted by Crippen LogP contribution is 2.40. The Kier molecular flexibility index (Phi) is 4.88. The molecule has 136 valence electrons. The number of amides is 2. The van der Waals surface area contributed by atoms with E-state index < -0.39 is 23.6 Å². The highest BCUT2D eigenvalue weighted by molar-refractivity contribution is 5.97. The van der Waals surface area contributed by atoms with Crippen LogP contribution in [0, 0.1) is 11.6 Å². The number of hydrogen-bond donors (Lipinski definition) is 1. The number of hydrogen-bond acceptors (Lipinski definition) is 3. The Labute approximate surface area is 149 Å². The van der Waals surface area contributed by atoms with Crippen LogP contribution in [0.5, 0.6) is 5.75 Å². The lowest BCUT2D eigenvalue weighted by Gasteiger charge is -2.36. The average molecular weight is 360 g/mol. The van der Waals surface area contributed by atoms with Crippen molar-refractivity contribution in [3.8, 4) is 5.75 Å². The van der Waals surface area contributed by atoms with Crippen LogP contribution in [0.1, 0.15) is 41.7 Å². The van der Waals surface area contributed by atoms with E-state index in [9.17, 15) is 18.4 Å². The van der Waals surface area contributed by atoms with E-state index >= 15 is 0 Å². The van der Waals surface area contributed by atoms with E-state index in [1.807, 2.05) is 0 Å². The number of nitrogens with zero attached hydrogens (tertiary/aromatic N) is 1. The minimum absolute atomic E-state index is 0.182. The summed E-state index contributed by atoms with van der Waals surface area (Å²) in [5.74, 6) is -2.58. The second kappa shape index (κ2) is 7.11. The standard InChI is InChI=1S/C19H18F2N2O3/c1-2-17(24)23(11-6-7-14(20)15(21)10-11)16-8-9-26-18-12(16)4-3-5-13(18)19(22)25/h3-7,10,16H,2,8-9H2,1H3,(H2,22,25). The first-order chi connectivity index (χ1) is 12.4. The number of primary amides is 1. The summed E-state index contributed by atoms with van der Waals surface area (Å²) in [6.45, 7) is 1.95. The quantitative estimate of drug-likeness (QED) is 0.909. The van der Waals surface area contributed by atoms with Gasteiger partial charge in [-0.05, 0) is 18.2 Å². The Bertz CT molecular complexity index is 870. The van der Waals surface area contributed by atoms with Crippen molar-refractivity contribution < 1.29 is 23.1 Å². The fourth-order valence-electron chi connectivity index (χ4n) is 3.17. The van der Waals surface area contributed by atoms with Gasteiger partial charge in [-0.3, -0.25) is 9.59 Å². The summed E-state index contributed by atoms with van der Waals surface area (Å²) in [6.07, 6.45) is 0.626. The van der Waals surface area contributed by atoms with Crippen molar-refractivity contribution in [2.24, 2.45) is 5.73 Å². The minimum Gasteiger partial charge on any atom is -0.492 e. The Morgan fingerprint density at radius 1 is 1.23 bits per heavy atom. The molecule has 0 bridgehead atoms. The zero-order valence-corrected chi connectivity index (χ0v) is 14.2. The second-order valence-electron chi connectivity index (χ2n) is 5.96. The van der Waals surface area contributed by atoms with Gasteiger partial charge in [0.05, 0.1) is 18.2 Å². The summed E-state index contributed by atoms with van der Waals surface area (Å²) in [6, 6.07) is 7.81. The molecule has 1 aliphatic rings. The van der Waals surface area contributed by atoms with Crippen molar-refractivity contribution >= 4 is 17.5 Å². The molecule has 3 rings (SSSR count). The molecule has 1 heterocycles. The normalized spacial score (nSPS) is 15.7. The summed E-state index contributed by atoms with van der Waals surface area (Å²) in [5.41, 5.74) is 6.48. The molecule has 0 spiro atoms. The number of fused-ring (bicyclic) bond motifs is 1. The molecular formula is C19H18F2N2O3. The third kappa shape index (κ3) is 3.12. The molecule has 2 aromatic carbocycles. The van der Waals surface area contributed by atoms with Crippen LogP contribution in [-0.2, 0) is 4.79 Å². The maximum Gasteiger partial charge on any atom is 0.252 e. The summed E-state index contributed by atoms with van der Waals surface area (Å²) in [4.78, 5) is 25.7. The van der Waals surface area contributed by atoms with Gasteiger partial charge < -0.3 is 15.4 Å². The molecule has 5 nitrogen and oxygen atoms in total. The molecule has 0 aliphatic carbocycles. The number of carbonyl (C=O) groups excluding carboxylic acids is 2. The van der Waals surface area contributed by atoms with E-state index in [1.54, 1.807) is 25.1 Å². The number of anilines is 1. The van der Waals surface area contributed by atoms with Crippen molar-refractivity contribution in [2.75, 3.05) is 11.5 Å². The largest absolute Gasteiger partial charge is 0.492 e. The summed E-state index contributed by atoms with van der Waals surface area (Å²) in [7, 11) is 0. The van der Waals surface area contributed by atoms with Gasteiger partial charge in [0.1, 0.15) is 5.75 Å². The second-order valence-corrected chi connectivity index (χ2v) is 5.96. The van der Waals surface area contributed by atoms with E-state index in [1.165, 1.54) is 11.0 Å². The predicted octanol–water partition coefficient (Wildman–Crippen LogP) is 3.33. The fraction of sp³-hybridized carbons (Fsp3) is 0.263. The fourth-order valence-corrected chi connectivity index (χ4v) is 3.17. The smallest absolute Gasteiger partial charge is 0.252 e. The molecule has 0 saturated heterocycles. The average Bonchev–Trinajstić information content (AvgIpc) is 2.64. The molecule has 0 radical (unpaired) electrons. The number of benzene rings is 2. The van der Waals surface area contributed by atoms with Crippen LogP contribution in [-0.4, -0.2) is 18.4 Å². The highest BCUT2D eigenvalue weighted by Gasteiger charge is 2.33. The number of halogens is 2. The van der Waals surface area contributed by atoms with Gasteiger partial charge in [0.2, 0.25) is 5.91 Å². The van der Waals surface area contributed by atoms with E-state index in [-0.39, 0.29) is 30.2 Å². The van der Waals surface area contributed by atoms with Gasteiger partial charge in [0.15, 0.2) is 11.6 Å². The summed E-state index contributed by atoms with van der Waals surface area (Å²) in [5, 5.41) is 0. The molecule has 2 aromatic rings. The third-order valence-electron chi connectivity index (χ3n) is 4.37. The van der Waals surface area contributed by atoms with Gasteiger partial charge in [-0.15, -0.1) is 0 Å². The Hall–Kier alpha value is -2.96. The number of para-hydroxylation sites is 1. The van der Waals surface area contributed by atoms with Gasteiger partial charge in [0.25, 0.3) is 5.91 Å². The maximum atomic E-state index is 13.7. The van der Waals surface area contributed by atoms with E-state index in [4.69, 9.17) is 10.5 Å². The van der Waals surface area contributed by atoms with E-state index in [0.29, 0.717) is 17.7 Å². The van der Waals surface area contributed by atoms with Gasteiger partial charge in [0, 0.05) is 30.2 Å².